The maximum atomic E-state index is 4.55. The summed E-state index contributed by atoms with van der Waals surface area (Å²) < 4.78 is 0. The van der Waals surface area contributed by atoms with E-state index >= 15 is 0 Å². The molecule has 2 fully saturated rings. The van der Waals surface area contributed by atoms with Gasteiger partial charge in [-0.3, -0.25) is 0 Å². The van der Waals surface area contributed by atoms with Crippen molar-refractivity contribution in [3.05, 3.63) is 0 Å². The van der Waals surface area contributed by atoms with Gasteiger partial charge in [-0.15, -0.1) is 0 Å². The van der Waals surface area contributed by atoms with Gasteiger partial charge in [-0.05, 0) is 38.1 Å². The Morgan fingerprint density at radius 2 is 2.10 bits per heavy atom. The minimum atomic E-state index is 0.636. The third kappa shape index (κ3) is 1.19. The summed E-state index contributed by atoms with van der Waals surface area (Å²) in [5.74, 6) is 1.02. The summed E-state index contributed by atoms with van der Waals surface area (Å²) in [6, 6.07) is 0.732. The molecule has 1 saturated heterocycles. The van der Waals surface area contributed by atoms with Crippen LogP contribution in [0.2, 0.25) is 0 Å². The predicted molar refractivity (Wildman–Crippen MR) is 46.5 cm³/mol. The molecule has 0 aromatic heterocycles. The minimum Gasteiger partial charge on any atom is -0.313 e. The predicted octanol–water partition coefficient (Wildman–Crippen LogP) is 1.45. The van der Waals surface area contributed by atoms with Gasteiger partial charge in [-0.1, -0.05) is 0 Å². The van der Waals surface area contributed by atoms with E-state index in [1.807, 2.05) is 0 Å². The van der Waals surface area contributed by atoms with Crippen LogP contribution in [0.3, 0.4) is 0 Å². The summed E-state index contributed by atoms with van der Waals surface area (Å²) in [4.78, 5) is 0. The van der Waals surface area contributed by atoms with E-state index < -0.39 is 0 Å². The van der Waals surface area contributed by atoms with Gasteiger partial charge in [0.2, 0.25) is 0 Å². The molecule has 0 amide bonds. The van der Waals surface area contributed by atoms with Crippen LogP contribution in [-0.4, -0.2) is 17.8 Å². The Morgan fingerprint density at radius 1 is 1.20 bits per heavy atom. The number of hydrogen-bond donors (Lipinski definition) is 2. The number of nitrogens with one attached hydrogen (secondary N) is 1. The van der Waals surface area contributed by atoms with Gasteiger partial charge < -0.3 is 5.32 Å². The molecule has 2 aliphatic rings. The Morgan fingerprint density at radius 3 is 2.90 bits per heavy atom. The van der Waals surface area contributed by atoms with Crippen LogP contribution in [0.1, 0.15) is 25.7 Å². The highest BCUT2D eigenvalue weighted by Gasteiger charge is 2.30. The average Bonchev–Trinajstić information content (AvgIpc) is 1.99. The van der Waals surface area contributed by atoms with Crippen LogP contribution in [0.5, 0.6) is 0 Å². The SMILES string of the molecule is SC1CCC2CCNC1C2. The van der Waals surface area contributed by atoms with E-state index in [2.05, 4.69) is 17.9 Å². The van der Waals surface area contributed by atoms with Gasteiger partial charge in [0.1, 0.15) is 0 Å². The zero-order chi connectivity index (χ0) is 6.97. The first-order valence-electron chi connectivity index (χ1n) is 4.28. The number of fused-ring (bicyclic) bond motifs is 2. The lowest BCUT2D eigenvalue weighted by molar-refractivity contribution is 0.232. The third-order valence-electron chi connectivity index (χ3n) is 2.88. The van der Waals surface area contributed by atoms with Gasteiger partial charge in [0.15, 0.2) is 0 Å². The van der Waals surface area contributed by atoms with Crippen molar-refractivity contribution in [3.63, 3.8) is 0 Å². The zero-order valence-corrected chi connectivity index (χ0v) is 7.11. The number of hydrogen-bond acceptors (Lipinski definition) is 2. The van der Waals surface area contributed by atoms with Crippen molar-refractivity contribution in [1.29, 1.82) is 0 Å². The van der Waals surface area contributed by atoms with Crippen molar-refractivity contribution in [3.8, 4) is 0 Å². The zero-order valence-electron chi connectivity index (χ0n) is 6.21. The largest absolute Gasteiger partial charge is 0.313 e. The Kier molecular flexibility index (Phi) is 1.92. The molecule has 10 heavy (non-hydrogen) atoms. The summed E-state index contributed by atoms with van der Waals surface area (Å²) in [5.41, 5.74) is 0. The summed E-state index contributed by atoms with van der Waals surface area (Å²) >= 11 is 4.55. The normalized spacial score (nSPS) is 47.1. The third-order valence-corrected chi connectivity index (χ3v) is 3.50. The number of rotatable bonds is 0. The van der Waals surface area contributed by atoms with Crippen LogP contribution in [0.15, 0.2) is 0 Å². The molecule has 2 bridgehead atoms. The summed E-state index contributed by atoms with van der Waals surface area (Å²) in [5, 5.41) is 4.16. The first kappa shape index (κ1) is 6.99. The quantitative estimate of drug-likeness (QED) is 0.507. The molecule has 1 saturated carbocycles. The van der Waals surface area contributed by atoms with Crippen molar-refractivity contribution in [1.82, 2.24) is 5.32 Å². The Labute approximate surface area is 68.0 Å². The monoisotopic (exact) mass is 157 g/mol. The van der Waals surface area contributed by atoms with Gasteiger partial charge in [0.25, 0.3) is 0 Å². The Bertz CT molecular complexity index is 124. The fraction of sp³-hybridized carbons (Fsp3) is 1.00. The highest BCUT2D eigenvalue weighted by atomic mass is 32.1. The maximum absolute atomic E-state index is 4.55. The second-order valence-electron chi connectivity index (χ2n) is 3.60. The number of piperidine rings is 1. The molecule has 0 radical (unpaired) electrons. The molecule has 1 N–H and O–H groups in total. The van der Waals surface area contributed by atoms with Crippen LogP contribution in [-0.2, 0) is 0 Å². The van der Waals surface area contributed by atoms with Gasteiger partial charge in [0, 0.05) is 11.3 Å². The lowest BCUT2D eigenvalue weighted by atomic mass is 9.81. The second kappa shape index (κ2) is 2.74. The van der Waals surface area contributed by atoms with Crippen LogP contribution >= 0.6 is 12.6 Å². The molecule has 3 unspecified atom stereocenters. The van der Waals surface area contributed by atoms with E-state index in [1.54, 1.807) is 0 Å². The van der Waals surface area contributed by atoms with Crippen molar-refractivity contribution in [2.24, 2.45) is 5.92 Å². The highest BCUT2D eigenvalue weighted by molar-refractivity contribution is 7.81. The first-order chi connectivity index (χ1) is 4.86. The highest BCUT2D eigenvalue weighted by Crippen LogP contribution is 2.32. The van der Waals surface area contributed by atoms with E-state index in [-0.39, 0.29) is 0 Å². The van der Waals surface area contributed by atoms with Gasteiger partial charge in [0.05, 0.1) is 0 Å². The molecule has 1 heterocycles. The first-order valence-corrected chi connectivity index (χ1v) is 4.79. The molecule has 1 nitrogen and oxygen atoms in total. The van der Waals surface area contributed by atoms with E-state index in [9.17, 15) is 0 Å². The van der Waals surface area contributed by atoms with E-state index in [4.69, 9.17) is 0 Å². The molecular formula is C8H15NS. The van der Waals surface area contributed by atoms with E-state index in [0.29, 0.717) is 5.25 Å². The Hall–Kier alpha value is 0.310. The van der Waals surface area contributed by atoms with E-state index in [0.717, 1.165) is 12.0 Å². The summed E-state index contributed by atoms with van der Waals surface area (Å²) in [6.07, 6.45) is 5.53. The molecule has 1 aliphatic carbocycles. The van der Waals surface area contributed by atoms with Gasteiger partial charge in [-0.25, -0.2) is 0 Å². The molecule has 1 aliphatic heterocycles. The van der Waals surface area contributed by atoms with Crippen molar-refractivity contribution in [2.45, 2.75) is 37.0 Å². The molecule has 0 spiro atoms. The Balaban J connectivity index is 2.00. The molecule has 0 aromatic rings. The molecule has 2 heteroatoms. The van der Waals surface area contributed by atoms with Crippen LogP contribution in [0.25, 0.3) is 0 Å². The molecular weight excluding hydrogens is 142 g/mol. The average molecular weight is 157 g/mol. The molecule has 3 atom stereocenters. The summed E-state index contributed by atoms with van der Waals surface area (Å²) in [6.45, 7) is 1.23. The topological polar surface area (TPSA) is 12.0 Å². The fourth-order valence-electron chi connectivity index (χ4n) is 2.20. The smallest absolute Gasteiger partial charge is 0.0186 e. The van der Waals surface area contributed by atoms with E-state index in [1.165, 1.54) is 32.2 Å². The molecule has 2 rings (SSSR count). The number of thiol groups is 1. The van der Waals surface area contributed by atoms with Gasteiger partial charge >= 0.3 is 0 Å². The second-order valence-corrected chi connectivity index (χ2v) is 4.26. The summed E-state index contributed by atoms with van der Waals surface area (Å²) in [7, 11) is 0. The molecule has 0 aromatic carbocycles. The maximum Gasteiger partial charge on any atom is 0.0186 e. The minimum absolute atomic E-state index is 0.636. The fourth-order valence-corrected chi connectivity index (χ4v) is 2.57. The van der Waals surface area contributed by atoms with Crippen LogP contribution in [0.4, 0.5) is 0 Å². The van der Waals surface area contributed by atoms with Crippen LogP contribution < -0.4 is 5.32 Å². The molecule has 58 valence electrons. The van der Waals surface area contributed by atoms with Crippen molar-refractivity contribution in [2.75, 3.05) is 6.54 Å². The standard InChI is InChI=1S/C8H15NS/c10-8-2-1-6-3-4-9-7(8)5-6/h6-10H,1-5H2. The van der Waals surface area contributed by atoms with Crippen molar-refractivity contribution < 1.29 is 0 Å². The van der Waals surface area contributed by atoms with Crippen LogP contribution in [0, 0.1) is 5.92 Å². The lowest BCUT2D eigenvalue weighted by Crippen LogP contribution is -2.47. The van der Waals surface area contributed by atoms with Crippen molar-refractivity contribution >= 4 is 12.6 Å². The lowest BCUT2D eigenvalue weighted by Gasteiger charge is -2.38. The van der Waals surface area contributed by atoms with Gasteiger partial charge in [-0.2, -0.15) is 12.6 Å².